The van der Waals surface area contributed by atoms with Crippen molar-refractivity contribution in [1.29, 1.82) is 0 Å². The van der Waals surface area contributed by atoms with Crippen LogP contribution in [0.15, 0.2) is 21.4 Å². The van der Waals surface area contributed by atoms with Crippen LogP contribution in [0.5, 0.6) is 0 Å². The monoisotopic (exact) mass is 289 g/mol. The highest BCUT2D eigenvalue weighted by Gasteiger charge is 2.18. The van der Waals surface area contributed by atoms with E-state index in [9.17, 15) is 9.59 Å². The van der Waals surface area contributed by atoms with Crippen molar-refractivity contribution >= 4 is 27.8 Å². The molecule has 0 aliphatic heterocycles. The van der Waals surface area contributed by atoms with Crippen LogP contribution in [0.25, 0.3) is 0 Å². The fourth-order valence-electron chi connectivity index (χ4n) is 1.23. The molecule has 16 heavy (non-hydrogen) atoms. The summed E-state index contributed by atoms with van der Waals surface area (Å²) in [5.41, 5.74) is 0.365. The molecular formula is C10H12BrNO4. The standard InChI is InChI=1S/C10H12BrNO4/c1-2-6(5-8(13)14)12-10(15)7-3-4-16-9(7)11/h3-4,6H,2,5H2,1H3,(H,12,15)(H,13,14). The van der Waals surface area contributed by atoms with E-state index in [2.05, 4.69) is 21.2 Å². The van der Waals surface area contributed by atoms with Gasteiger partial charge in [-0.05, 0) is 28.4 Å². The summed E-state index contributed by atoms with van der Waals surface area (Å²) < 4.78 is 5.26. The fourth-order valence-corrected chi connectivity index (χ4v) is 1.65. The molecule has 1 aromatic rings. The van der Waals surface area contributed by atoms with Crippen LogP contribution in [0.4, 0.5) is 0 Å². The molecule has 2 N–H and O–H groups in total. The Balaban J connectivity index is 2.62. The number of rotatable bonds is 5. The van der Waals surface area contributed by atoms with Gasteiger partial charge in [-0.3, -0.25) is 9.59 Å². The molecule has 0 aliphatic rings. The van der Waals surface area contributed by atoms with Crippen LogP contribution in [0, 0.1) is 0 Å². The van der Waals surface area contributed by atoms with Crippen molar-refractivity contribution in [2.75, 3.05) is 0 Å². The van der Waals surface area contributed by atoms with Gasteiger partial charge in [0.1, 0.15) is 0 Å². The lowest BCUT2D eigenvalue weighted by molar-refractivity contribution is -0.137. The van der Waals surface area contributed by atoms with Crippen LogP contribution >= 0.6 is 15.9 Å². The molecule has 0 fully saturated rings. The number of carbonyl (C=O) groups excluding carboxylic acids is 1. The van der Waals surface area contributed by atoms with Gasteiger partial charge in [0.15, 0.2) is 4.67 Å². The number of furan rings is 1. The number of carboxylic acids is 1. The number of hydrogen-bond acceptors (Lipinski definition) is 3. The molecule has 5 nitrogen and oxygen atoms in total. The Morgan fingerprint density at radius 2 is 2.31 bits per heavy atom. The molecule has 1 rings (SSSR count). The topological polar surface area (TPSA) is 79.5 Å². The maximum absolute atomic E-state index is 11.7. The largest absolute Gasteiger partial charge is 0.481 e. The maximum Gasteiger partial charge on any atom is 0.305 e. The summed E-state index contributed by atoms with van der Waals surface area (Å²) >= 11 is 3.09. The van der Waals surface area contributed by atoms with Crippen LogP contribution in [0.2, 0.25) is 0 Å². The SMILES string of the molecule is CCC(CC(=O)O)NC(=O)c1ccoc1Br. The van der Waals surface area contributed by atoms with Gasteiger partial charge in [0.05, 0.1) is 18.2 Å². The Morgan fingerprint density at radius 1 is 1.62 bits per heavy atom. The summed E-state index contributed by atoms with van der Waals surface area (Å²) in [6.45, 7) is 1.82. The number of amides is 1. The molecule has 1 unspecified atom stereocenters. The van der Waals surface area contributed by atoms with E-state index in [0.717, 1.165) is 0 Å². The van der Waals surface area contributed by atoms with Crippen LogP contribution < -0.4 is 5.32 Å². The molecule has 0 bridgehead atoms. The first-order valence-corrected chi connectivity index (χ1v) is 5.59. The summed E-state index contributed by atoms with van der Waals surface area (Å²) in [5, 5.41) is 11.3. The van der Waals surface area contributed by atoms with Crippen molar-refractivity contribution in [3.63, 3.8) is 0 Å². The fraction of sp³-hybridized carbons (Fsp3) is 0.400. The minimum atomic E-state index is -0.932. The molecule has 1 heterocycles. The van der Waals surface area contributed by atoms with Gasteiger partial charge in [0.2, 0.25) is 0 Å². The lowest BCUT2D eigenvalue weighted by atomic mass is 10.1. The molecule has 0 saturated carbocycles. The number of hydrogen-bond donors (Lipinski definition) is 2. The summed E-state index contributed by atoms with van der Waals surface area (Å²) in [5.74, 6) is -1.27. The number of carbonyl (C=O) groups is 2. The van der Waals surface area contributed by atoms with Crippen molar-refractivity contribution in [2.24, 2.45) is 0 Å². The van der Waals surface area contributed by atoms with Gasteiger partial charge in [-0.1, -0.05) is 6.92 Å². The number of carboxylic acid groups (broad SMARTS) is 1. The molecule has 0 aromatic carbocycles. The zero-order valence-corrected chi connectivity index (χ0v) is 10.3. The van der Waals surface area contributed by atoms with Crippen molar-refractivity contribution in [1.82, 2.24) is 5.32 Å². The van der Waals surface area contributed by atoms with E-state index in [1.807, 2.05) is 6.92 Å². The number of halogens is 1. The maximum atomic E-state index is 11.7. The summed E-state index contributed by atoms with van der Waals surface area (Å²) in [4.78, 5) is 22.2. The predicted molar refractivity (Wildman–Crippen MR) is 60.2 cm³/mol. The van der Waals surface area contributed by atoms with Crippen LogP contribution in [0.3, 0.4) is 0 Å². The Hall–Kier alpha value is -1.30. The molecular weight excluding hydrogens is 278 g/mol. The molecule has 1 atom stereocenters. The molecule has 0 saturated heterocycles. The average molecular weight is 290 g/mol. The van der Waals surface area contributed by atoms with Gasteiger partial charge in [-0.2, -0.15) is 0 Å². The molecule has 1 amide bonds. The van der Waals surface area contributed by atoms with Crippen molar-refractivity contribution in [2.45, 2.75) is 25.8 Å². The van der Waals surface area contributed by atoms with E-state index in [1.165, 1.54) is 12.3 Å². The predicted octanol–water partition coefficient (Wildman–Crippen LogP) is 2.03. The molecule has 0 aliphatic carbocycles. The van der Waals surface area contributed by atoms with E-state index >= 15 is 0 Å². The summed E-state index contributed by atoms with van der Waals surface area (Å²) in [6, 6.07) is 1.15. The van der Waals surface area contributed by atoms with E-state index in [4.69, 9.17) is 9.52 Å². The summed E-state index contributed by atoms with van der Waals surface area (Å²) in [7, 11) is 0. The second-order valence-electron chi connectivity index (χ2n) is 3.28. The third kappa shape index (κ3) is 3.37. The van der Waals surface area contributed by atoms with Gasteiger partial charge >= 0.3 is 5.97 Å². The Bertz CT molecular complexity index is 388. The third-order valence-corrected chi connectivity index (χ3v) is 2.73. The molecule has 6 heteroatoms. The smallest absolute Gasteiger partial charge is 0.305 e. The van der Waals surface area contributed by atoms with Gasteiger partial charge in [-0.25, -0.2) is 0 Å². The third-order valence-electron chi connectivity index (χ3n) is 2.11. The molecule has 0 spiro atoms. The second kappa shape index (κ2) is 5.69. The highest BCUT2D eigenvalue weighted by Crippen LogP contribution is 2.17. The zero-order valence-electron chi connectivity index (χ0n) is 8.70. The van der Waals surface area contributed by atoms with Crippen LogP contribution in [0.1, 0.15) is 30.1 Å². The highest BCUT2D eigenvalue weighted by molar-refractivity contribution is 9.10. The Morgan fingerprint density at radius 3 is 2.75 bits per heavy atom. The van der Waals surface area contributed by atoms with Gasteiger partial charge in [-0.15, -0.1) is 0 Å². The van der Waals surface area contributed by atoms with Gasteiger partial charge in [0.25, 0.3) is 5.91 Å². The zero-order chi connectivity index (χ0) is 12.1. The minimum Gasteiger partial charge on any atom is -0.481 e. The average Bonchev–Trinajstić information content (AvgIpc) is 2.62. The molecule has 0 radical (unpaired) electrons. The first-order valence-electron chi connectivity index (χ1n) is 4.80. The second-order valence-corrected chi connectivity index (χ2v) is 4.00. The normalized spacial score (nSPS) is 12.1. The quantitative estimate of drug-likeness (QED) is 0.869. The van der Waals surface area contributed by atoms with Crippen molar-refractivity contribution < 1.29 is 19.1 Å². The highest BCUT2D eigenvalue weighted by atomic mass is 79.9. The van der Waals surface area contributed by atoms with Gasteiger partial charge < -0.3 is 14.8 Å². The van der Waals surface area contributed by atoms with Gasteiger partial charge in [0, 0.05) is 6.04 Å². The van der Waals surface area contributed by atoms with Crippen molar-refractivity contribution in [3.8, 4) is 0 Å². The van der Waals surface area contributed by atoms with Crippen LogP contribution in [-0.4, -0.2) is 23.0 Å². The number of aliphatic carboxylic acids is 1. The lowest BCUT2D eigenvalue weighted by Crippen LogP contribution is -2.35. The molecule has 88 valence electrons. The Kier molecular flexibility index (Phi) is 4.54. The first-order chi connectivity index (χ1) is 7.54. The van der Waals surface area contributed by atoms with E-state index in [-0.39, 0.29) is 18.4 Å². The summed E-state index contributed by atoms with van der Waals surface area (Å²) in [6.07, 6.45) is 1.86. The van der Waals surface area contributed by atoms with E-state index in [0.29, 0.717) is 16.7 Å². The Labute approximate surface area is 101 Å². The van der Waals surface area contributed by atoms with Crippen LogP contribution in [-0.2, 0) is 4.79 Å². The first kappa shape index (κ1) is 12.8. The lowest BCUT2D eigenvalue weighted by Gasteiger charge is -2.13. The van der Waals surface area contributed by atoms with Crippen molar-refractivity contribution in [3.05, 3.63) is 22.6 Å². The minimum absolute atomic E-state index is 0.0856. The molecule has 1 aromatic heterocycles. The van der Waals surface area contributed by atoms with E-state index < -0.39 is 5.97 Å². The van der Waals surface area contributed by atoms with E-state index in [1.54, 1.807) is 0 Å². The number of nitrogens with one attached hydrogen (secondary N) is 1.